The van der Waals surface area contributed by atoms with E-state index in [1.807, 2.05) is 49.4 Å². The first-order valence-electron chi connectivity index (χ1n) is 13.4. The van der Waals surface area contributed by atoms with Crippen LogP contribution in [0.15, 0.2) is 60.9 Å². The molecule has 3 heterocycles. The summed E-state index contributed by atoms with van der Waals surface area (Å²) in [4.78, 5) is 13.7. The van der Waals surface area contributed by atoms with E-state index in [1.54, 1.807) is 18.5 Å². The third-order valence-electron chi connectivity index (χ3n) is 7.16. The summed E-state index contributed by atoms with van der Waals surface area (Å²) < 4.78 is 34.7. The SMILES string of the molecule is Cc1ccc2c(NS(=O)(=O)CC3CC3)cccc2c1Oc1ncccc1-c1ccnc(NC2CCCNC2)n1. The molecule has 9 nitrogen and oxygen atoms in total. The highest BCUT2D eigenvalue weighted by Crippen LogP contribution is 2.39. The number of hydrogen-bond acceptors (Lipinski definition) is 8. The average Bonchev–Trinajstić information content (AvgIpc) is 3.74. The molecular formula is C29H32N6O3S. The monoisotopic (exact) mass is 544 g/mol. The van der Waals surface area contributed by atoms with Gasteiger partial charge in [0.15, 0.2) is 0 Å². The fourth-order valence-electron chi connectivity index (χ4n) is 4.97. The fraction of sp³-hybridized carbons (Fsp3) is 0.345. The number of nitrogens with zero attached hydrogens (tertiary/aromatic N) is 3. The van der Waals surface area contributed by atoms with Crippen molar-refractivity contribution in [1.29, 1.82) is 0 Å². The molecule has 1 aliphatic carbocycles. The normalized spacial score (nSPS) is 17.6. The summed E-state index contributed by atoms with van der Waals surface area (Å²) >= 11 is 0. The fourth-order valence-corrected chi connectivity index (χ4v) is 6.52. The van der Waals surface area contributed by atoms with Gasteiger partial charge in [-0.25, -0.2) is 23.4 Å². The van der Waals surface area contributed by atoms with Crippen molar-refractivity contribution in [2.75, 3.05) is 28.9 Å². The average molecular weight is 545 g/mol. The van der Waals surface area contributed by atoms with Gasteiger partial charge in [-0.2, -0.15) is 0 Å². The second-order valence-electron chi connectivity index (χ2n) is 10.4. The molecule has 3 N–H and O–H groups in total. The summed E-state index contributed by atoms with van der Waals surface area (Å²) in [5.41, 5.74) is 2.89. The number of piperidine rings is 1. The van der Waals surface area contributed by atoms with Gasteiger partial charge in [0.25, 0.3) is 0 Å². The van der Waals surface area contributed by atoms with Gasteiger partial charge in [0.1, 0.15) is 5.75 Å². The number of aromatic nitrogens is 3. The molecular weight excluding hydrogens is 512 g/mol. The molecule has 0 radical (unpaired) electrons. The standard InChI is InChI=1S/C29H32N6O3S/c1-19-9-12-22-23(6-2-8-26(22)35-39(36,37)18-20-10-11-20)27(19)38-28-24(7-4-15-31-28)25-13-16-32-29(34-25)33-21-5-3-14-30-17-21/h2,4,6-9,12-13,15-16,20-21,30,35H,3,5,10-11,14,17-18H2,1H3,(H,32,33,34). The first kappa shape index (κ1) is 25.5. The van der Waals surface area contributed by atoms with Gasteiger partial charge in [0.05, 0.1) is 22.7 Å². The van der Waals surface area contributed by atoms with Crippen LogP contribution in [0.2, 0.25) is 0 Å². The molecule has 2 aromatic carbocycles. The lowest BCUT2D eigenvalue weighted by atomic mass is 10.0. The smallest absolute Gasteiger partial charge is 0.233 e. The van der Waals surface area contributed by atoms with Crippen molar-refractivity contribution in [3.63, 3.8) is 0 Å². The minimum absolute atomic E-state index is 0.156. The Hall–Kier alpha value is -3.76. The Balaban J connectivity index is 1.31. The van der Waals surface area contributed by atoms with Crippen LogP contribution in [0.1, 0.15) is 31.2 Å². The van der Waals surface area contributed by atoms with E-state index in [4.69, 9.17) is 9.72 Å². The molecule has 6 rings (SSSR count). The topological polar surface area (TPSA) is 118 Å². The van der Waals surface area contributed by atoms with Crippen molar-refractivity contribution in [3.8, 4) is 22.9 Å². The van der Waals surface area contributed by atoms with E-state index in [1.165, 1.54) is 0 Å². The minimum Gasteiger partial charge on any atom is -0.437 e. The van der Waals surface area contributed by atoms with Crippen LogP contribution in [0, 0.1) is 12.8 Å². The molecule has 4 aromatic rings. The van der Waals surface area contributed by atoms with E-state index in [0.717, 1.165) is 60.7 Å². The van der Waals surface area contributed by atoms with E-state index in [0.29, 0.717) is 29.0 Å². The molecule has 0 amide bonds. The van der Waals surface area contributed by atoms with Crippen LogP contribution in [-0.2, 0) is 10.0 Å². The molecule has 2 aliphatic rings. The van der Waals surface area contributed by atoms with Crippen LogP contribution >= 0.6 is 0 Å². The molecule has 1 atom stereocenters. The number of anilines is 2. The summed E-state index contributed by atoms with van der Waals surface area (Å²) in [6, 6.07) is 15.3. The molecule has 10 heteroatoms. The molecule has 1 saturated heterocycles. The summed E-state index contributed by atoms with van der Waals surface area (Å²) in [5.74, 6) is 2.02. The second-order valence-corrected chi connectivity index (χ2v) is 12.1. The van der Waals surface area contributed by atoms with Crippen molar-refractivity contribution in [2.45, 2.75) is 38.6 Å². The van der Waals surface area contributed by atoms with Gasteiger partial charge < -0.3 is 15.4 Å². The first-order chi connectivity index (χ1) is 18.9. The van der Waals surface area contributed by atoms with Crippen LogP contribution < -0.4 is 20.1 Å². The van der Waals surface area contributed by atoms with Gasteiger partial charge >= 0.3 is 0 Å². The summed E-state index contributed by atoms with van der Waals surface area (Å²) in [7, 11) is -3.43. The number of rotatable bonds is 9. The lowest BCUT2D eigenvalue weighted by Gasteiger charge is -2.23. The van der Waals surface area contributed by atoms with Crippen molar-refractivity contribution < 1.29 is 13.2 Å². The van der Waals surface area contributed by atoms with Crippen molar-refractivity contribution in [2.24, 2.45) is 5.92 Å². The maximum absolute atomic E-state index is 12.7. The van der Waals surface area contributed by atoms with Gasteiger partial charge in [-0.3, -0.25) is 4.72 Å². The van der Waals surface area contributed by atoms with Gasteiger partial charge in [0.2, 0.25) is 21.9 Å². The number of benzene rings is 2. The molecule has 1 aliphatic heterocycles. The van der Waals surface area contributed by atoms with Crippen LogP contribution in [0.25, 0.3) is 22.0 Å². The predicted octanol–water partition coefficient (Wildman–Crippen LogP) is 5.11. The third kappa shape index (κ3) is 5.97. The van der Waals surface area contributed by atoms with Crippen molar-refractivity contribution in [3.05, 3.63) is 66.5 Å². The minimum atomic E-state index is -3.43. The number of aryl methyl sites for hydroxylation is 1. The number of pyridine rings is 1. The van der Waals surface area contributed by atoms with Gasteiger partial charge in [-0.15, -0.1) is 0 Å². The molecule has 39 heavy (non-hydrogen) atoms. The van der Waals surface area contributed by atoms with Gasteiger partial charge in [0, 0.05) is 35.8 Å². The van der Waals surface area contributed by atoms with Crippen LogP contribution in [0.4, 0.5) is 11.6 Å². The Bertz CT molecular complexity index is 1600. The molecule has 1 saturated carbocycles. The Morgan fingerprint density at radius 1 is 1.00 bits per heavy atom. The highest BCUT2D eigenvalue weighted by atomic mass is 32.2. The first-order valence-corrected chi connectivity index (χ1v) is 15.1. The largest absolute Gasteiger partial charge is 0.437 e. The van der Waals surface area contributed by atoms with E-state index in [-0.39, 0.29) is 17.7 Å². The Morgan fingerprint density at radius 2 is 1.90 bits per heavy atom. The van der Waals surface area contributed by atoms with E-state index in [9.17, 15) is 8.42 Å². The van der Waals surface area contributed by atoms with E-state index < -0.39 is 10.0 Å². The molecule has 2 aromatic heterocycles. The van der Waals surface area contributed by atoms with Crippen molar-refractivity contribution >= 4 is 32.4 Å². The Morgan fingerprint density at radius 3 is 2.72 bits per heavy atom. The highest BCUT2D eigenvalue weighted by molar-refractivity contribution is 7.92. The van der Waals surface area contributed by atoms with Gasteiger partial charge in [-0.05, 0) is 74.9 Å². The lowest BCUT2D eigenvalue weighted by molar-refractivity contribution is 0.466. The molecule has 1 unspecified atom stereocenters. The van der Waals surface area contributed by atoms with Crippen LogP contribution in [0.5, 0.6) is 11.6 Å². The zero-order chi connectivity index (χ0) is 26.8. The molecule has 202 valence electrons. The zero-order valence-corrected chi connectivity index (χ0v) is 22.7. The molecule has 0 bridgehead atoms. The summed E-state index contributed by atoms with van der Waals surface area (Å²) in [6.07, 6.45) is 7.56. The molecule has 0 spiro atoms. The van der Waals surface area contributed by atoms with E-state index in [2.05, 4.69) is 25.3 Å². The predicted molar refractivity (Wildman–Crippen MR) is 154 cm³/mol. The summed E-state index contributed by atoms with van der Waals surface area (Å²) in [5, 5.41) is 8.40. The van der Waals surface area contributed by atoms with Crippen LogP contribution in [-0.4, -0.2) is 48.3 Å². The highest BCUT2D eigenvalue weighted by Gasteiger charge is 2.28. The van der Waals surface area contributed by atoms with Crippen molar-refractivity contribution in [1.82, 2.24) is 20.3 Å². The molecule has 2 fully saturated rings. The second kappa shape index (κ2) is 10.8. The Kier molecular flexibility index (Phi) is 7.05. The van der Waals surface area contributed by atoms with Crippen LogP contribution in [0.3, 0.4) is 0 Å². The quantitative estimate of drug-likeness (QED) is 0.266. The number of nitrogens with one attached hydrogen (secondary N) is 3. The number of hydrogen-bond donors (Lipinski definition) is 3. The number of sulfonamides is 1. The number of fused-ring (bicyclic) bond motifs is 1. The lowest BCUT2D eigenvalue weighted by Crippen LogP contribution is -2.38. The zero-order valence-electron chi connectivity index (χ0n) is 21.9. The summed E-state index contributed by atoms with van der Waals surface area (Å²) in [6.45, 7) is 3.89. The van der Waals surface area contributed by atoms with Gasteiger partial charge in [-0.1, -0.05) is 24.3 Å². The number of ether oxygens (including phenoxy) is 1. The maximum atomic E-state index is 12.7. The Labute approximate surface area is 228 Å². The third-order valence-corrected chi connectivity index (χ3v) is 8.60. The van der Waals surface area contributed by atoms with E-state index >= 15 is 0 Å². The maximum Gasteiger partial charge on any atom is 0.233 e.